The Morgan fingerprint density at radius 1 is 1.35 bits per heavy atom. The number of esters is 1. The molecule has 1 aromatic heterocycles. The number of carbonyl (C=O) groups excluding carboxylic acids is 1. The number of aromatic nitrogens is 1. The number of benzene rings is 1. The van der Waals surface area contributed by atoms with Crippen LogP contribution in [0.15, 0.2) is 42.6 Å². The van der Waals surface area contributed by atoms with E-state index in [0.29, 0.717) is 5.56 Å². The SMILES string of the molecule is COC(=O)/C=C/c1ccc(Oc2cccnc2Cl)c([N+](=O)[O-])c1. The zero-order valence-electron chi connectivity index (χ0n) is 11.9. The minimum absolute atomic E-state index is 0.0140. The average molecular weight is 335 g/mol. The third-order valence-corrected chi connectivity index (χ3v) is 3.02. The van der Waals surface area contributed by atoms with Crippen LogP contribution in [0.2, 0.25) is 5.15 Å². The van der Waals surface area contributed by atoms with Crippen LogP contribution in [0.3, 0.4) is 0 Å². The second-order valence-corrected chi connectivity index (χ2v) is 4.59. The van der Waals surface area contributed by atoms with Crippen LogP contribution in [0, 0.1) is 10.1 Å². The van der Waals surface area contributed by atoms with Gasteiger partial charge in [-0.1, -0.05) is 17.7 Å². The number of hydrogen-bond donors (Lipinski definition) is 0. The molecule has 0 N–H and O–H groups in total. The van der Waals surface area contributed by atoms with Crippen molar-refractivity contribution in [2.75, 3.05) is 7.11 Å². The number of methoxy groups -OCH3 is 1. The Hall–Kier alpha value is -2.93. The summed E-state index contributed by atoms with van der Waals surface area (Å²) in [7, 11) is 1.24. The van der Waals surface area contributed by atoms with Crippen molar-refractivity contribution in [3.63, 3.8) is 0 Å². The Bertz CT molecular complexity index is 776. The maximum Gasteiger partial charge on any atom is 0.330 e. The molecule has 0 amide bonds. The molecular weight excluding hydrogens is 324 g/mol. The molecule has 0 fully saturated rings. The van der Waals surface area contributed by atoms with E-state index < -0.39 is 10.9 Å². The maximum absolute atomic E-state index is 11.2. The molecule has 0 aliphatic rings. The van der Waals surface area contributed by atoms with Gasteiger partial charge in [0.25, 0.3) is 0 Å². The lowest BCUT2D eigenvalue weighted by atomic mass is 10.1. The Balaban J connectivity index is 2.34. The van der Waals surface area contributed by atoms with Crippen molar-refractivity contribution in [1.82, 2.24) is 4.98 Å². The van der Waals surface area contributed by atoms with Crippen molar-refractivity contribution in [3.05, 3.63) is 63.4 Å². The number of pyridine rings is 1. The highest BCUT2D eigenvalue weighted by atomic mass is 35.5. The molecule has 2 aromatic rings. The second kappa shape index (κ2) is 7.37. The fraction of sp³-hybridized carbons (Fsp3) is 0.0667. The minimum atomic E-state index is -0.588. The average Bonchev–Trinajstić information content (AvgIpc) is 2.55. The van der Waals surface area contributed by atoms with Gasteiger partial charge in [-0.15, -0.1) is 0 Å². The van der Waals surface area contributed by atoms with E-state index in [1.165, 1.54) is 31.5 Å². The van der Waals surface area contributed by atoms with Gasteiger partial charge in [-0.2, -0.15) is 0 Å². The number of halogens is 1. The number of carbonyl (C=O) groups is 1. The number of rotatable bonds is 5. The van der Waals surface area contributed by atoms with Gasteiger partial charge >= 0.3 is 11.7 Å². The first kappa shape index (κ1) is 16.4. The molecule has 7 nitrogen and oxygen atoms in total. The Morgan fingerprint density at radius 3 is 2.78 bits per heavy atom. The molecule has 0 radical (unpaired) electrons. The van der Waals surface area contributed by atoms with Crippen molar-refractivity contribution in [1.29, 1.82) is 0 Å². The molecule has 0 spiro atoms. The predicted molar refractivity (Wildman–Crippen MR) is 83.5 cm³/mol. The van der Waals surface area contributed by atoms with E-state index in [1.54, 1.807) is 18.2 Å². The second-order valence-electron chi connectivity index (χ2n) is 4.24. The summed E-state index contributed by atoms with van der Waals surface area (Å²) < 4.78 is 9.91. The van der Waals surface area contributed by atoms with E-state index >= 15 is 0 Å². The van der Waals surface area contributed by atoms with Crippen LogP contribution in [0.5, 0.6) is 11.5 Å². The molecule has 0 atom stereocenters. The van der Waals surface area contributed by atoms with Gasteiger partial charge in [0.1, 0.15) is 0 Å². The van der Waals surface area contributed by atoms with Gasteiger partial charge in [0.2, 0.25) is 5.75 Å². The number of hydrogen-bond acceptors (Lipinski definition) is 6. The number of nitrogens with zero attached hydrogens (tertiary/aromatic N) is 2. The summed E-state index contributed by atoms with van der Waals surface area (Å²) in [6, 6.07) is 7.40. The first-order chi connectivity index (χ1) is 11.0. The smallest absolute Gasteiger partial charge is 0.330 e. The Kier molecular flexibility index (Phi) is 5.27. The lowest BCUT2D eigenvalue weighted by Gasteiger charge is -2.07. The van der Waals surface area contributed by atoms with Crippen molar-refractivity contribution in [2.45, 2.75) is 0 Å². The van der Waals surface area contributed by atoms with E-state index in [0.717, 1.165) is 6.08 Å². The first-order valence-corrected chi connectivity index (χ1v) is 6.72. The summed E-state index contributed by atoms with van der Waals surface area (Å²) in [6.07, 6.45) is 4.04. The van der Waals surface area contributed by atoms with Crippen LogP contribution in [0.4, 0.5) is 5.69 Å². The van der Waals surface area contributed by atoms with Crippen LogP contribution in [-0.2, 0) is 9.53 Å². The van der Waals surface area contributed by atoms with E-state index in [1.807, 2.05) is 0 Å². The number of nitro groups is 1. The normalized spacial score (nSPS) is 10.5. The largest absolute Gasteiger partial charge is 0.466 e. The highest BCUT2D eigenvalue weighted by molar-refractivity contribution is 6.30. The van der Waals surface area contributed by atoms with Crippen LogP contribution >= 0.6 is 11.6 Å². The standard InChI is InChI=1S/C15H11ClN2O5/c1-22-14(19)7-5-10-4-6-12(11(9-10)18(20)21)23-13-3-2-8-17-15(13)16/h2-9H,1H3/b7-5+. The Morgan fingerprint density at radius 2 is 2.13 bits per heavy atom. The number of nitro benzene ring substituents is 1. The van der Waals surface area contributed by atoms with Crippen molar-refractivity contribution in [3.8, 4) is 11.5 Å². The fourth-order valence-electron chi connectivity index (χ4n) is 1.67. The Labute approximate surface area is 136 Å². The van der Waals surface area contributed by atoms with Gasteiger partial charge in [-0.3, -0.25) is 10.1 Å². The summed E-state index contributed by atoms with van der Waals surface area (Å²) in [5, 5.41) is 11.3. The molecule has 8 heteroatoms. The highest BCUT2D eigenvalue weighted by Crippen LogP contribution is 2.34. The summed E-state index contributed by atoms with van der Waals surface area (Å²) in [4.78, 5) is 25.5. The zero-order valence-corrected chi connectivity index (χ0v) is 12.7. The van der Waals surface area contributed by atoms with E-state index in [-0.39, 0.29) is 22.3 Å². The summed E-state index contributed by atoms with van der Waals surface area (Å²) in [6.45, 7) is 0. The maximum atomic E-state index is 11.2. The predicted octanol–water partition coefficient (Wildman–Crippen LogP) is 3.62. The number of ether oxygens (including phenoxy) is 2. The molecule has 2 rings (SSSR count). The monoisotopic (exact) mass is 334 g/mol. The molecule has 0 aliphatic carbocycles. The lowest BCUT2D eigenvalue weighted by Crippen LogP contribution is -1.96. The van der Waals surface area contributed by atoms with Gasteiger partial charge < -0.3 is 9.47 Å². The van der Waals surface area contributed by atoms with Gasteiger partial charge in [0.05, 0.1) is 12.0 Å². The minimum Gasteiger partial charge on any atom is -0.466 e. The third-order valence-electron chi connectivity index (χ3n) is 2.74. The van der Waals surface area contributed by atoms with Crippen LogP contribution in [-0.4, -0.2) is 23.0 Å². The van der Waals surface area contributed by atoms with Gasteiger partial charge in [0.15, 0.2) is 10.9 Å². The summed E-state index contributed by atoms with van der Waals surface area (Å²) in [5.41, 5.74) is 0.184. The van der Waals surface area contributed by atoms with Crippen LogP contribution < -0.4 is 4.74 Å². The molecule has 23 heavy (non-hydrogen) atoms. The zero-order chi connectivity index (χ0) is 16.8. The van der Waals surface area contributed by atoms with Crippen molar-refractivity contribution < 1.29 is 19.2 Å². The van der Waals surface area contributed by atoms with E-state index in [9.17, 15) is 14.9 Å². The van der Waals surface area contributed by atoms with E-state index in [4.69, 9.17) is 16.3 Å². The molecule has 1 heterocycles. The van der Waals surface area contributed by atoms with Crippen LogP contribution in [0.25, 0.3) is 6.08 Å². The third kappa shape index (κ3) is 4.27. The molecule has 0 aliphatic heterocycles. The highest BCUT2D eigenvalue weighted by Gasteiger charge is 2.17. The lowest BCUT2D eigenvalue weighted by molar-refractivity contribution is -0.385. The molecule has 0 saturated carbocycles. The van der Waals surface area contributed by atoms with E-state index in [2.05, 4.69) is 9.72 Å². The summed E-state index contributed by atoms with van der Waals surface area (Å²) >= 11 is 5.87. The quantitative estimate of drug-likeness (QED) is 0.272. The van der Waals surface area contributed by atoms with Gasteiger partial charge in [-0.25, -0.2) is 9.78 Å². The van der Waals surface area contributed by atoms with Crippen molar-refractivity contribution in [2.24, 2.45) is 0 Å². The fourth-order valence-corrected chi connectivity index (χ4v) is 1.82. The van der Waals surface area contributed by atoms with Crippen LogP contribution in [0.1, 0.15) is 5.56 Å². The first-order valence-electron chi connectivity index (χ1n) is 6.34. The van der Waals surface area contributed by atoms with Gasteiger partial charge in [0, 0.05) is 18.3 Å². The molecule has 1 aromatic carbocycles. The summed E-state index contributed by atoms with van der Waals surface area (Å²) in [5.74, 6) is -0.342. The topological polar surface area (TPSA) is 91.6 Å². The van der Waals surface area contributed by atoms with Crippen molar-refractivity contribution >= 4 is 29.3 Å². The van der Waals surface area contributed by atoms with Gasteiger partial charge in [-0.05, 0) is 29.8 Å². The molecular formula is C15H11ClN2O5. The molecule has 118 valence electrons. The molecule has 0 unspecified atom stereocenters. The molecule has 0 saturated heterocycles. The molecule has 0 bridgehead atoms.